The maximum atomic E-state index is 13.5. The van der Waals surface area contributed by atoms with Crippen LogP contribution in [0, 0.1) is 0 Å². The number of nitrogens with one attached hydrogen (secondary N) is 1. The maximum Gasteiger partial charge on any atom is 0.304 e. The molecular weight excluding hydrogens is 464 g/mol. The lowest BCUT2D eigenvalue weighted by molar-refractivity contribution is -0.139. The highest BCUT2D eigenvalue weighted by Gasteiger charge is 2.32. The van der Waals surface area contributed by atoms with E-state index in [0.717, 1.165) is 8.61 Å². The standard InChI is InChI=1S/C23H31ClN4O4S/c1-17(2)25-23(30)18(3)27(15-19-11-9-10-14-21(19)24)22(29)16-28(33(31,32)26(4)5)20-12-7-6-8-13-20/h6-14,17-18H,15-16H2,1-5H3,(H,25,30)/t18-/m0/s1. The van der Waals surface area contributed by atoms with Crippen LogP contribution in [0.5, 0.6) is 0 Å². The minimum Gasteiger partial charge on any atom is -0.352 e. The average Bonchev–Trinajstić information content (AvgIpc) is 2.76. The number of carbonyl (C=O) groups is 2. The van der Waals surface area contributed by atoms with Gasteiger partial charge in [0.25, 0.3) is 0 Å². The molecule has 0 bridgehead atoms. The number of amides is 2. The highest BCUT2D eigenvalue weighted by molar-refractivity contribution is 7.90. The van der Waals surface area contributed by atoms with Crippen molar-refractivity contribution in [2.45, 2.75) is 39.4 Å². The van der Waals surface area contributed by atoms with E-state index >= 15 is 0 Å². The van der Waals surface area contributed by atoms with Crippen molar-refractivity contribution in [3.05, 3.63) is 65.2 Å². The van der Waals surface area contributed by atoms with Crippen LogP contribution in [0.1, 0.15) is 26.3 Å². The van der Waals surface area contributed by atoms with Crippen LogP contribution in [-0.4, -0.2) is 62.2 Å². The van der Waals surface area contributed by atoms with Gasteiger partial charge in [-0.05, 0) is 44.5 Å². The third-order valence-electron chi connectivity index (χ3n) is 4.96. The first-order chi connectivity index (χ1) is 15.4. The smallest absolute Gasteiger partial charge is 0.304 e. The average molecular weight is 495 g/mol. The number of rotatable bonds is 10. The Morgan fingerprint density at radius 2 is 1.55 bits per heavy atom. The summed E-state index contributed by atoms with van der Waals surface area (Å²) in [5, 5.41) is 3.26. The van der Waals surface area contributed by atoms with Crippen LogP contribution in [0.15, 0.2) is 54.6 Å². The number of halogens is 1. The lowest BCUT2D eigenvalue weighted by atomic mass is 10.1. The van der Waals surface area contributed by atoms with Gasteiger partial charge in [0.1, 0.15) is 12.6 Å². The van der Waals surface area contributed by atoms with Crippen molar-refractivity contribution in [1.82, 2.24) is 14.5 Å². The summed E-state index contributed by atoms with van der Waals surface area (Å²) in [6.45, 7) is 4.83. The molecule has 0 unspecified atom stereocenters. The third kappa shape index (κ3) is 6.93. The molecule has 0 aliphatic heterocycles. The quantitative estimate of drug-likeness (QED) is 0.550. The Bertz CT molecular complexity index is 1060. The molecule has 0 saturated carbocycles. The topological polar surface area (TPSA) is 90.0 Å². The van der Waals surface area contributed by atoms with E-state index < -0.39 is 28.7 Å². The van der Waals surface area contributed by atoms with Crippen molar-refractivity contribution in [3.63, 3.8) is 0 Å². The number of benzene rings is 2. The van der Waals surface area contributed by atoms with Crippen molar-refractivity contribution >= 4 is 39.3 Å². The van der Waals surface area contributed by atoms with Gasteiger partial charge in [0.05, 0.1) is 5.69 Å². The van der Waals surface area contributed by atoms with Gasteiger partial charge in [-0.2, -0.15) is 12.7 Å². The van der Waals surface area contributed by atoms with Crippen LogP contribution >= 0.6 is 11.6 Å². The Morgan fingerprint density at radius 3 is 2.09 bits per heavy atom. The van der Waals surface area contributed by atoms with Crippen LogP contribution in [0.3, 0.4) is 0 Å². The number of anilines is 1. The van der Waals surface area contributed by atoms with E-state index in [1.165, 1.54) is 19.0 Å². The van der Waals surface area contributed by atoms with Gasteiger partial charge >= 0.3 is 10.2 Å². The van der Waals surface area contributed by atoms with Crippen molar-refractivity contribution < 1.29 is 18.0 Å². The molecule has 33 heavy (non-hydrogen) atoms. The fourth-order valence-corrected chi connectivity index (χ4v) is 4.36. The number of hydrogen-bond acceptors (Lipinski definition) is 4. The van der Waals surface area contributed by atoms with Crippen molar-refractivity contribution in [2.24, 2.45) is 0 Å². The van der Waals surface area contributed by atoms with E-state index in [4.69, 9.17) is 11.6 Å². The van der Waals surface area contributed by atoms with Crippen molar-refractivity contribution in [2.75, 3.05) is 24.9 Å². The van der Waals surface area contributed by atoms with E-state index in [0.29, 0.717) is 16.3 Å². The predicted molar refractivity (Wildman–Crippen MR) is 131 cm³/mol. The van der Waals surface area contributed by atoms with Crippen LogP contribution in [0.2, 0.25) is 5.02 Å². The summed E-state index contributed by atoms with van der Waals surface area (Å²) in [5.41, 5.74) is 0.995. The summed E-state index contributed by atoms with van der Waals surface area (Å²) < 4.78 is 28.1. The molecule has 0 fully saturated rings. The van der Waals surface area contributed by atoms with E-state index in [2.05, 4.69) is 5.32 Å². The predicted octanol–water partition coefficient (Wildman–Crippen LogP) is 2.89. The number of nitrogens with zero attached hydrogens (tertiary/aromatic N) is 3. The van der Waals surface area contributed by atoms with Gasteiger partial charge in [-0.25, -0.2) is 4.31 Å². The molecular formula is C23H31ClN4O4S. The van der Waals surface area contributed by atoms with E-state index in [1.807, 2.05) is 13.8 Å². The molecule has 0 spiro atoms. The molecule has 0 aliphatic rings. The molecule has 0 radical (unpaired) electrons. The summed E-state index contributed by atoms with van der Waals surface area (Å²) >= 11 is 6.31. The molecule has 0 saturated heterocycles. The Balaban J connectivity index is 2.44. The second-order valence-corrected chi connectivity index (χ2v) is 10.6. The molecule has 8 nitrogen and oxygen atoms in total. The SMILES string of the molecule is CC(C)NC(=O)[C@H](C)N(Cc1ccccc1Cl)C(=O)CN(c1ccccc1)S(=O)(=O)N(C)C. The lowest BCUT2D eigenvalue weighted by Gasteiger charge is -2.33. The zero-order chi connectivity index (χ0) is 24.8. The number of para-hydroxylation sites is 1. The van der Waals surface area contributed by atoms with Crippen molar-refractivity contribution in [3.8, 4) is 0 Å². The molecule has 1 N–H and O–H groups in total. The first-order valence-corrected chi connectivity index (χ1v) is 12.3. The lowest BCUT2D eigenvalue weighted by Crippen LogP contribution is -2.53. The Labute approximate surface area is 201 Å². The fraction of sp³-hybridized carbons (Fsp3) is 0.391. The summed E-state index contributed by atoms with van der Waals surface area (Å²) in [6, 6.07) is 14.4. The highest BCUT2D eigenvalue weighted by atomic mass is 35.5. The summed E-state index contributed by atoms with van der Waals surface area (Å²) in [5.74, 6) is -0.872. The molecule has 180 valence electrons. The largest absolute Gasteiger partial charge is 0.352 e. The summed E-state index contributed by atoms with van der Waals surface area (Å²) in [7, 11) is -1.18. The molecule has 10 heteroatoms. The van der Waals surface area contributed by atoms with Gasteiger partial charge in [0.15, 0.2) is 0 Å². The first kappa shape index (κ1) is 26.6. The molecule has 0 aliphatic carbocycles. The van der Waals surface area contributed by atoms with Crippen molar-refractivity contribution in [1.29, 1.82) is 0 Å². The second kappa shape index (κ2) is 11.5. The van der Waals surface area contributed by atoms with Crippen LogP contribution < -0.4 is 9.62 Å². The van der Waals surface area contributed by atoms with Gasteiger partial charge in [-0.15, -0.1) is 0 Å². The van der Waals surface area contributed by atoms with Crippen LogP contribution in [0.4, 0.5) is 5.69 Å². The van der Waals surface area contributed by atoms with Gasteiger partial charge in [-0.1, -0.05) is 48.0 Å². The Morgan fingerprint density at radius 1 is 0.970 bits per heavy atom. The highest BCUT2D eigenvalue weighted by Crippen LogP contribution is 2.22. The summed E-state index contributed by atoms with van der Waals surface area (Å²) in [6.07, 6.45) is 0. The van der Waals surface area contributed by atoms with Gasteiger partial charge < -0.3 is 10.2 Å². The van der Waals surface area contributed by atoms with Crippen LogP contribution in [-0.2, 0) is 26.3 Å². The Kier molecular flexibility index (Phi) is 9.27. The zero-order valence-corrected chi connectivity index (χ0v) is 21.1. The van der Waals surface area contributed by atoms with E-state index in [9.17, 15) is 18.0 Å². The monoisotopic (exact) mass is 494 g/mol. The normalized spacial score (nSPS) is 12.5. The second-order valence-electron chi connectivity index (χ2n) is 8.08. The minimum atomic E-state index is -3.97. The molecule has 0 aromatic heterocycles. The zero-order valence-electron chi connectivity index (χ0n) is 19.5. The molecule has 2 aromatic carbocycles. The number of hydrogen-bond donors (Lipinski definition) is 1. The fourth-order valence-electron chi connectivity index (χ4n) is 3.11. The third-order valence-corrected chi connectivity index (χ3v) is 7.15. The minimum absolute atomic E-state index is 0.0514. The van der Waals surface area contributed by atoms with Gasteiger partial charge in [0.2, 0.25) is 11.8 Å². The molecule has 2 aromatic rings. The van der Waals surface area contributed by atoms with E-state index in [-0.39, 0.29) is 18.5 Å². The van der Waals surface area contributed by atoms with Crippen LogP contribution in [0.25, 0.3) is 0 Å². The molecule has 1 atom stereocenters. The van der Waals surface area contributed by atoms with Gasteiger partial charge in [0, 0.05) is 31.7 Å². The van der Waals surface area contributed by atoms with E-state index in [1.54, 1.807) is 61.5 Å². The Hall–Kier alpha value is -2.62. The molecule has 0 heterocycles. The molecule has 2 amide bonds. The maximum absolute atomic E-state index is 13.5. The number of carbonyl (C=O) groups excluding carboxylic acids is 2. The summed E-state index contributed by atoms with van der Waals surface area (Å²) in [4.78, 5) is 27.6. The molecule has 2 rings (SSSR count). The van der Waals surface area contributed by atoms with Gasteiger partial charge in [-0.3, -0.25) is 9.59 Å². The first-order valence-electron chi connectivity index (χ1n) is 10.5.